The lowest BCUT2D eigenvalue weighted by atomic mass is 9.93. The van der Waals surface area contributed by atoms with Crippen molar-refractivity contribution in [3.8, 4) is 0 Å². The number of nitrogens with zero attached hydrogens (tertiary/aromatic N) is 1. The van der Waals surface area contributed by atoms with Gasteiger partial charge in [0.1, 0.15) is 5.82 Å². The van der Waals surface area contributed by atoms with Gasteiger partial charge in [0, 0.05) is 17.2 Å². The molecule has 21 heavy (non-hydrogen) atoms. The van der Waals surface area contributed by atoms with E-state index in [0.29, 0.717) is 10.9 Å². The molecule has 0 aliphatic heterocycles. The number of hydrogen-bond acceptors (Lipinski definition) is 4. The Morgan fingerprint density at radius 2 is 2.14 bits per heavy atom. The molecule has 1 aromatic carbocycles. The van der Waals surface area contributed by atoms with Crippen LogP contribution in [-0.4, -0.2) is 4.98 Å². The van der Waals surface area contributed by atoms with Crippen LogP contribution >= 0.6 is 27.3 Å². The van der Waals surface area contributed by atoms with Crippen molar-refractivity contribution in [2.45, 2.75) is 38.6 Å². The van der Waals surface area contributed by atoms with Gasteiger partial charge in [0.05, 0.1) is 21.2 Å². The maximum atomic E-state index is 13.6. The number of aromatic nitrogens is 1. The third kappa shape index (κ3) is 3.88. The largest absolute Gasteiger partial charge is 0.271 e. The molecule has 0 saturated heterocycles. The highest BCUT2D eigenvalue weighted by Crippen LogP contribution is 2.30. The van der Waals surface area contributed by atoms with Crippen LogP contribution in [0.5, 0.6) is 0 Å². The van der Waals surface area contributed by atoms with Crippen LogP contribution in [0.25, 0.3) is 0 Å². The monoisotopic (exact) mass is 371 g/mol. The molecule has 1 unspecified atom stereocenters. The minimum Gasteiger partial charge on any atom is -0.271 e. The summed E-state index contributed by atoms with van der Waals surface area (Å²) in [5.74, 6) is 5.36. The van der Waals surface area contributed by atoms with Gasteiger partial charge in [0.2, 0.25) is 0 Å². The van der Waals surface area contributed by atoms with Gasteiger partial charge in [-0.1, -0.05) is 32.9 Å². The van der Waals surface area contributed by atoms with Gasteiger partial charge in [-0.25, -0.2) is 9.37 Å². The predicted molar refractivity (Wildman–Crippen MR) is 88.7 cm³/mol. The molecular formula is C15H19BrFN3S. The van der Waals surface area contributed by atoms with E-state index in [2.05, 4.69) is 52.5 Å². The molecule has 0 fully saturated rings. The summed E-state index contributed by atoms with van der Waals surface area (Å²) in [5, 5.41) is 3.06. The number of nitrogens with two attached hydrogens (primary N) is 1. The van der Waals surface area contributed by atoms with Crippen LogP contribution in [-0.2, 0) is 11.8 Å². The van der Waals surface area contributed by atoms with Crippen molar-refractivity contribution in [3.05, 3.63) is 50.1 Å². The maximum Gasteiger partial charge on any atom is 0.137 e. The molecular weight excluding hydrogens is 353 g/mol. The first-order valence-electron chi connectivity index (χ1n) is 6.68. The molecule has 0 bridgehead atoms. The predicted octanol–water partition coefficient (Wildman–Crippen LogP) is 4.09. The third-order valence-corrected chi connectivity index (χ3v) is 4.96. The average Bonchev–Trinajstić information content (AvgIpc) is 2.88. The maximum absolute atomic E-state index is 13.6. The highest BCUT2D eigenvalue weighted by Gasteiger charge is 2.21. The quantitative estimate of drug-likeness (QED) is 0.628. The van der Waals surface area contributed by atoms with Crippen LogP contribution in [0.4, 0.5) is 4.39 Å². The van der Waals surface area contributed by atoms with Crippen LogP contribution < -0.4 is 11.3 Å². The van der Waals surface area contributed by atoms with Gasteiger partial charge >= 0.3 is 0 Å². The Kier molecular flexibility index (Phi) is 5.14. The first-order valence-corrected chi connectivity index (χ1v) is 8.35. The lowest BCUT2D eigenvalue weighted by Gasteiger charge is -2.17. The zero-order chi connectivity index (χ0) is 15.6. The Balaban J connectivity index is 2.23. The molecule has 114 valence electrons. The number of rotatable bonds is 4. The van der Waals surface area contributed by atoms with Crippen molar-refractivity contribution in [3.63, 3.8) is 0 Å². The van der Waals surface area contributed by atoms with E-state index in [9.17, 15) is 4.39 Å². The smallest absolute Gasteiger partial charge is 0.137 e. The SMILES string of the molecule is CC(C)(C)c1csc(CC(NN)c2cccc(F)c2Br)n1. The summed E-state index contributed by atoms with van der Waals surface area (Å²) >= 11 is 4.89. The number of thiazole rings is 1. The van der Waals surface area contributed by atoms with Crippen LogP contribution in [0.1, 0.15) is 43.1 Å². The molecule has 2 rings (SSSR count). The molecule has 0 amide bonds. The molecule has 3 N–H and O–H groups in total. The molecule has 1 aromatic heterocycles. The van der Waals surface area contributed by atoms with Crippen molar-refractivity contribution in [2.24, 2.45) is 5.84 Å². The fourth-order valence-electron chi connectivity index (χ4n) is 1.97. The van der Waals surface area contributed by atoms with E-state index in [-0.39, 0.29) is 17.3 Å². The fourth-order valence-corrected chi connectivity index (χ4v) is 3.58. The summed E-state index contributed by atoms with van der Waals surface area (Å²) in [4.78, 5) is 4.66. The fraction of sp³-hybridized carbons (Fsp3) is 0.400. The Labute approximate surface area is 136 Å². The van der Waals surface area contributed by atoms with Gasteiger partial charge in [-0.3, -0.25) is 11.3 Å². The summed E-state index contributed by atoms with van der Waals surface area (Å²) in [5.41, 5.74) is 4.64. The second-order valence-electron chi connectivity index (χ2n) is 5.94. The molecule has 1 heterocycles. The lowest BCUT2D eigenvalue weighted by molar-refractivity contribution is 0.533. The molecule has 0 aliphatic rings. The van der Waals surface area contributed by atoms with E-state index in [1.54, 1.807) is 17.4 Å². The van der Waals surface area contributed by atoms with Gasteiger partial charge in [-0.2, -0.15) is 0 Å². The normalized spacial score (nSPS) is 13.4. The minimum absolute atomic E-state index is 0.0276. The lowest BCUT2D eigenvalue weighted by Crippen LogP contribution is -2.30. The van der Waals surface area contributed by atoms with E-state index in [1.807, 2.05) is 6.07 Å². The zero-order valence-electron chi connectivity index (χ0n) is 12.3. The third-order valence-electron chi connectivity index (χ3n) is 3.26. The molecule has 0 aliphatic carbocycles. The van der Waals surface area contributed by atoms with Gasteiger partial charge in [-0.15, -0.1) is 11.3 Å². The molecule has 0 saturated carbocycles. The highest BCUT2D eigenvalue weighted by molar-refractivity contribution is 9.10. The second kappa shape index (κ2) is 6.52. The van der Waals surface area contributed by atoms with Gasteiger partial charge in [0.25, 0.3) is 0 Å². The van der Waals surface area contributed by atoms with Crippen LogP contribution in [0.15, 0.2) is 28.1 Å². The Hall–Kier alpha value is -0.820. The summed E-state index contributed by atoms with van der Waals surface area (Å²) < 4.78 is 14.1. The Morgan fingerprint density at radius 1 is 1.43 bits per heavy atom. The van der Waals surface area contributed by atoms with Crippen LogP contribution in [0.2, 0.25) is 0 Å². The zero-order valence-corrected chi connectivity index (χ0v) is 14.7. The molecule has 6 heteroatoms. The van der Waals surface area contributed by atoms with Crippen molar-refractivity contribution in [2.75, 3.05) is 0 Å². The van der Waals surface area contributed by atoms with E-state index in [1.165, 1.54) is 6.07 Å². The van der Waals surface area contributed by atoms with Crippen LogP contribution in [0, 0.1) is 5.82 Å². The second-order valence-corrected chi connectivity index (χ2v) is 7.68. The van der Waals surface area contributed by atoms with E-state index in [0.717, 1.165) is 16.3 Å². The molecule has 2 aromatic rings. The van der Waals surface area contributed by atoms with Crippen molar-refractivity contribution in [1.29, 1.82) is 0 Å². The molecule has 1 atom stereocenters. The van der Waals surface area contributed by atoms with E-state index < -0.39 is 0 Å². The van der Waals surface area contributed by atoms with Gasteiger partial charge < -0.3 is 0 Å². The summed E-state index contributed by atoms with van der Waals surface area (Å²) in [6.07, 6.45) is 0.624. The molecule has 0 spiro atoms. The van der Waals surface area contributed by atoms with Crippen LogP contribution in [0.3, 0.4) is 0 Å². The van der Waals surface area contributed by atoms with E-state index >= 15 is 0 Å². The summed E-state index contributed by atoms with van der Waals surface area (Å²) in [6, 6.07) is 4.77. The van der Waals surface area contributed by atoms with Gasteiger partial charge in [0.15, 0.2) is 0 Å². The number of nitrogens with one attached hydrogen (secondary N) is 1. The van der Waals surface area contributed by atoms with E-state index in [4.69, 9.17) is 5.84 Å². The number of halogens is 2. The summed E-state index contributed by atoms with van der Waals surface area (Å²) in [7, 11) is 0. The first-order chi connectivity index (χ1) is 9.82. The van der Waals surface area contributed by atoms with Crippen molar-refractivity contribution < 1.29 is 4.39 Å². The molecule has 0 radical (unpaired) electrons. The highest BCUT2D eigenvalue weighted by atomic mass is 79.9. The minimum atomic E-state index is -0.290. The first kappa shape index (κ1) is 16.5. The Bertz CT molecular complexity index is 622. The molecule has 3 nitrogen and oxygen atoms in total. The standard InChI is InChI=1S/C15H19BrFN3S/c1-15(2,3)12-8-21-13(19-12)7-11(20-18)9-5-4-6-10(17)14(9)16/h4-6,8,11,20H,7,18H2,1-3H3. The van der Waals surface area contributed by atoms with Crippen molar-refractivity contribution in [1.82, 2.24) is 10.4 Å². The number of hydrogen-bond donors (Lipinski definition) is 2. The summed E-state index contributed by atoms with van der Waals surface area (Å²) in [6.45, 7) is 6.40. The van der Waals surface area contributed by atoms with Gasteiger partial charge in [-0.05, 0) is 27.6 Å². The van der Waals surface area contributed by atoms with Crippen molar-refractivity contribution >= 4 is 27.3 Å². The number of benzene rings is 1. The Morgan fingerprint density at radius 3 is 2.71 bits per heavy atom. The average molecular weight is 372 g/mol. The topological polar surface area (TPSA) is 50.9 Å². The number of hydrazine groups is 1.